The van der Waals surface area contributed by atoms with Gasteiger partial charge >= 0.3 is 5.69 Å². The van der Waals surface area contributed by atoms with Crippen LogP contribution in [0.25, 0.3) is 0 Å². The maximum Gasteiger partial charge on any atom is 0.315 e. The number of benzene rings is 2. The fraction of sp³-hybridized carbons (Fsp3) is 0.200. The lowest BCUT2D eigenvalue weighted by atomic mass is 10.2. The van der Waals surface area contributed by atoms with Crippen LogP contribution in [0.3, 0.4) is 0 Å². The third kappa shape index (κ3) is 3.33. The van der Waals surface area contributed by atoms with Gasteiger partial charge in [0.05, 0.1) is 10.6 Å². The van der Waals surface area contributed by atoms with Gasteiger partial charge in [0.15, 0.2) is 0 Å². The number of nitro benzene ring substituents is 1. The van der Waals surface area contributed by atoms with Gasteiger partial charge in [-0.15, -0.1) is 0 Å². The molecule has 0 fully saturated rings. The van der Waals surface area contributed by atoms with Crippen LogP contribution >= 0.6 is 15.9 Å². The normalized spacial score (nSPS) is 10.2. The molecule has 0 bridgehead atoms. The number of anilines is 3. The van der Waals surface area contributed by atoms with Crippen LogP contribution in [0.5, 0.6) is 0 Å². The first-order chi connectivity index (χ1) is 10.0. The number of hydrogen-bond acceptors (Lipinski definition) is 4. The zero-order valence-electron chi connectivity index (χ0n) is 11.8. The second-order valence-electron chi connectivity index (χ2n) is 4.55. The molecule has 5 nitrogen and oxygen atoms in total. The van der Waals surface area contributed by atoms with Gasteiger partial charge in [0.25, 0.3) is 0 Å². The number of nitrogens with zero attached hydrogens (tertiary/aromatic N) is 1. The highest BCUT2D eigenvalue weighted by Crippen LogP contribution is 2.36. The Balaban J connectivity index is 2.46. The van der Waals surface area contributed by atoms with E-state index in [1.54, 1.807) is 18.2 Å². The first-order valence-electron chi connectivity index (χ1n) is 6.58. The fourth-order valence-electron chi connectivity index (χ4n) is 2.06. The van der Waals surface area contributed by atoms with Gasteiger partial charge < -0.3 is 10.6 Å². The molecule has 0 radical (unpaired) electrons. The fourth-order valence-corrected chi connectivity index (χ4v) is 2.43. The molecule has 0 atom stereocenters. The van der Waals surface area contributed by atoms with Crippen LogP contribution in [0.15, 0.2) is 40.9 Å². The first-order valence-corrected chi connectivity index (χ1v) is 7.37. The smallest absolute Gasteiger partial charge is 0.315 e. The average Bonchev–Trinajstić information content (AvgIpc) is 2.44. The number of nitrogens with one attached hydrogen (secondary N) is 2. The molecule has 0 saturated heterocycles. The van der Waals surface area contributed by atoms with E-state index in [1.807, 2.05) is 32.0 Å². The van der Waals surface area contributed by atoms with Crippen molar-refractivity contribution in [1.82, 2.24) is 0 Å². The zero-order valence-corrected chi connectivity index (χ0v) is 13.4. The van der Waals surface area contributed by atoms with E-state index in [1.165, 1.54) is 0 Å². The largest absolute Gasteiger partial charge is 0.380 e. The summed E-state index contributed by atoms with van der Waals surface area (Å²) in [6.45, 7) is 4.50. The minimum atomic E-state index is -0.371. The molecule has 0 amide bonds. The summed E-state index contributed by atoms with van der Waals surface area (Å²) in [5.41, 5.74) is 2.88. The summed E-state index contributed by atoms with van der Waals surface area (Å²) in [5, 5.41) is 17.5. The molecule has 2 aromatic carbocycles. The number of nitro groups is 1. The van der Waals surface area contributed by atoms with Gasteiger partial charge in [-0.2, -0.15) is 0 Å². The predicted molar refractivity (Wildman–Crippen MR) is 89.4 cm³/mol. The van der Waals surface area contributed by atoms with Gasteiger partial charge in [-0.25, -0.2) is 0 Å². The number of rotatable bonds is 5. The van der Waals surface area contributed by atoms with Crippen LogP contribution in [0.4, 0.5) is 22.7 Å². The SMILES string of the molecule is CCNc1cccc(Nc2cccc(C)c2Br)c1[N+](=O)[O-]. The Hall–Kier alpha value is -2.08. The van der Waals surface area contributed by atoms with Crippen molar-refractivity contribution in [2.45, 2.75) is 13.8 Å². The standard InChI is InChI=1S/C15H16BrN3O2/c1-3-17-12-8-5-9-13(15(12)19(20)21)18-11-7-4-6-10(2)14(11)16/h4-9,17-18H,3H2,1-2H3. The Morgan fingerprint density at radius 2 is 1.76 bits per heavy atom. The Bertz CT molecular complexity index is 674. The Morgan fingerprint density at radius 1 is 1.14 bits per heavy atom. The van der Waals surface area contributed by atoms with Crippen LogP contribution in [0.1, 0.15) is 12.5 Å². The molecule has 0 spiro atoms. The van der Waals surface area contributed by atoms with Crippen molar-refractivity contribution in [3.05, 3.63) is 56.5 Å². The zero-order chi connectivity index (χ0) is 15.4. The summed E-state index contributed by atoms with van der Waals surface area (Å²) >= 11 is 3.50. The lowest BCUT2D eigenvalue weighted by molar-refractivity contribution is -0.383. The molecule has 0 unspecified atom stereocenters. The molecule has 0 aliphatic carbocycles. The first kappa shape index (κ1) is 15.3. The highest BCUT2D eigenvalue weighted by atomic mass is 79.9. The van der Waals surface area contributed by atoms with Crippen LogP contribution in [0.2, 0.25) is 0 Å². The van der Waals surface area contributed by atoms with E-state index in [0.717, 1.165) is 15.7 Å². The third-order valence-corrected chi connectivity index (χ3v) is 4.10. The minimum Gasteiger partial charge on any atom is -0.380 e. The Kier molecular flexibility index (Phi) is 4.80. The van der Waals surface area contributed by atoms with Crippen LogP contribution in [-0.4, -0.2) is 11.5 Å². The molecule has 2 aromatic rings. The van der Waals surface area contributed by atoms with Crippen LogP contribution < -0.4 is 10.6 Å². The third-order valence-electron chi connectivity index (χ3n) is 3.05. The van der Waals surface area contributed by atoms with Gasteiger partial charge in [-0.3, -0.25) is 10.1 Å². The van der Waals surface area contributed by atoms with Crippen molar-refractivity contribution >= 4 is 38.7 Å². The summed E-state index contributed by atoms with van der Waals surface area (Å²) in [6, 6.07) is 10.9. The summed E-state index contributed by atoms with van der Waals surface area (Å²) < 4.78 is 0.896. The van der Waals surface area contributed by atoms with Crippen molar-refractivity contribution in [1.29, 1.82) is 0 Å². The minimum absolute atomic E-state index is 0.0488. The van der Waals surface area contributed by atoms with E-state index < -0.39 is 0 Å². The van der Waals surface area contributed by atoms with E-state index in [9.17, 15) is 10.1 Å². The van der Waals surface area contributed by atoms with E-state index in [2.05, 4.69) is 26.6 Å². The second-order valence-corrected chi connectivity index (χ2v) is 5.34. The Morgan fingerprint density at radius 3 is 2.43 bits per heavy atom. The molecule has 2 rings (SSSR count). The molecular formula is C15H16BrN3O2. The predicted octanol–water partition coefficient (Wildman–Crippen LogP) is 4.84. The van der Waals surface area contributed by atoms with Crippen molar-refractivity contribution in [2.75, 3.05) is 17.2 Å². The highest BCUT2D eigenvalue weighted by Gasteiger charge is 2.20. The van der Waals surface area contributed by atoms with Crippen molar-refractivity contribution in [3.8, 4) is 0 Å². The van der Waals surface area contributed by atoms with Crippen molar-refractivity contribution in [3.63, 3.8) is 0 Å². The van der Waals surface area contributed by atoms with Gasteiger partial charge in [-0.05, 0) is 53.5 Å². The maximum absolute atomic E-state index is 11.4. The summed E-state index contributed by atoms with van der Waals surface area (Å²) in [4.78, 5) is 11.0. The average molecular weight is 350 g/mol. The molecule has 6 heteroatoms. The lowest BCUT2D eigenvalue weighted by Crippen LogP contribution is -2.04. The Labute approximate surface area is 131 Å². The topological polar surface area (TPSA) is 67.2 Å². The number of halogens is 1. The molecule has 110 valence electrons. The monoisotopic (exact) mass is 349 g/mol. The molecule has 0 aromatic heterocycles. The summed E-state index contributed by atoms with van der Waals surface area (Å²) in [7, 11) is 0. The number of para-hydroxylation sites is 1. The summed E-state index contributed by atoms with van der Waals surface area (Å²) in [5.74, 6) is 0. The van der Waals surface area contributed by atoms with E-state index in [4.69, 9.17) is 0 Å². The van der Waals surface area contributed by atoms with Gasteiger partial charge in [0.2, 0.25) is 0 Å². The van der Waals surface area contributed by atoms with Gasteiger partial charge in [-0.1, -0.05) is 18.2 Å². The quantitative estimate of drug-likeness (QED) is 0.598. The van der Waals surface area contributed by atoms with E-state index >= 15 is 0 Å². The van der Waals surface area contributed by atoms with Crippen LogP contribution in [0, 0.1) is 17.0 Å². The van der Waals surface area contributed by atoms with E-state index in [-0.39, 0.29) is 10.6 Å². The highest BCUT2D eigenvalue weighted by molar-refractivity contribution is 9.10. The van der Waals surface area contributed by atoms with E-state index in [0.29, 0.717) is 17.9 Å². The molecule has 0 aliphatic heterocycles. The van der Waals surface area contributed by atoms with Crippen LogP contribution in [-0.2, 0) is 0 Å². The second kappa shape index (κ2) is 6.58. The lowest BCUT2D eigenvalue weighted by Gasteiger charge is -2.13. The molecule has 0 aliphatic rings. The molecule has 0 heterocycles. The summed E-state index contributed by atoms with van der Waals surface area (Å²) in [6.07, 6.45) is 0. The molecule has 0 saturated carbocycles. The van der Waals surface area contributed by atoms with Crippen molar-refractivity contribution in [2.24, 2.45) is 0 Å². The maximum atomic E-state index is 11.4. The molecular weight excluding hydrogens is 334 g/mol. The van der Waals surface area contributed by atoms with Crippen molar-refractivity contribution < 1.29 is 4.92 Å². The molecule has 2 N–H and O–H groups in total. The number of aryl methyl sites for hydroxylation is 1. The van der Waals surface area contributed by atoms with Gasteiger partial charge in [0.1, 0.15) is 11.4 Å². The number of hydrogen-bond donors (Lipinski definition) is 2. The molecule has 21 heavy (non-hydrogen) atoms. The van der Waals surface area contributed by atoms with Gasteiger partial charge in [0, 0.05) is 11.0 Å².